The first-order valence-corrected chi connectivity index (χ1v) is 5.28. The molecule has 0 atom stereocenters. The lowest BCUT2D eigenvalue weighted by Crippen LogP contribution is -2.21. The predicted molar refractivity (Wildman–Crippen MR) is 63.3 cm³/mol. The summed E-state index contributed by atoms with van der Waals surface area (Å²) in [5.41, 5.74) is 1.59. The highest BCUT2D eigenvalue weighted by molar-refractivity contribution is 6.29. The first-order valence-electron chi connectivity index (χ1n) is 4.90. The average Bonchev–Trinajstić information content (AvgIpc) is 2.44. The third-order valence-corrected chi connectivity index (χ3v) is 2.97. The maximum atomic E-state index is 12.0. The number of hydrogen-bond donors (Lipinski definition) is 0. The van der Waals surface area contributed by atoms with Crippen LogP contribution < -0.4 is 5.56 Å². The Balaban J connectivity index is 2.75. The molecule has 0 saturated heterocycles. The zero-order chi connectivity index (χ0) is 11.9. The third-order valence-electron chi connectivity index (χ3n) is 2.76. The van der Waals surface area contributed by atoms with Gasteiger partial charge in [-0.3, -0.25) is 9.48 Å². The molecule has 0 N–H and O–H groups in total. The second kappa shape index (κ2) is 3.79. The van der Waals surface area contributed by atoms with Crippen molar-refractivity contribution >= 4 is 11.6 Å². The van der Waals surface area contributed by atoms with Gasteiger partial charge in [0.25, 0.3) is 5.56 Å². The van der Waals surface area contributed by atoms with Gasteiger partial charge in [-0.1, -0.05) is 17.7 Å². The number of halogens is 1. The second-order valence-corrected chi connectivity index (χ2v) is 4.06. The Morgan fingerprint density at radius 2 is 2.00 bits per heavy atom. The summed E-state index contributed by atoms with van der Waals surface area (Å²) in [6.07, 6.45) is 0. The molecule has 2 rings (SSSR count). The molecule has 0 unspecified atom stereocenters. The SMILES string of the molecule is Cc1c(C)n(C)n(-c2cccc(Cl)n2)c1=O. The van der Waals surface area contributed by atoms with E-state index in [0.717, 1.165) is 11.3 Å². The van der Waals surface area contributed by atoms with E-state index in [1.165, 1.54) is 4.68 Å². The number of pyridine rings is 1. The quantitative estimate of drug-likeness (QED) is 0.710. The van der Waals surface area contributed by atoms with Gasteiger partial charge < -0.3 is 0 Å². The van der Waals surface area contributed by atoms with Crippen LogP contribution in [0.4, 0.5) is 0 Å². The molecule has 0 aliphatic carbocycles. The average molecular weight is 238 g/mol. The van der Waals surface area contributed by atoms with Crippen LogP contribution in [0, 0.1) is 13.8 Å². The molecule has 0 radical (unpaired) electrons. The van der Waals surface area contributed by atoms with Crippen LogP contribution in [-0.4, -0.2) is 14.3 Å². The molecule has 0 fully saturated rings. The summed E-state index contributed by atoms with van der Waals surface area (Å²) in [5.74, 6) is 0.538. The van der Waals surface area contributed by atoms with E-state index >= 15 is 0 Å². The molecule has 0 amide bonds. The largest absolute Gasteiger partial charge is 0.284 e. The number of rotatable bonds is 1. The molecule has 0 saturated carbocycles. The summed E-state index contributed by atoms with van der Waals surface area (Å²) < 4.78 is 3.28. The summed E-state index contributed by atoms with van der Waals surface area (Å²) in [4.78, 5) is 16.1. The summed E-state index contributed by atoms with van der Waals surface area (Å²) in [5, 5.41) is 0.376. The van der Waals surface area contributed by atoms with Crippen LogP contribution in [0.25, 0.3) is 5.82 Å². The molecule has 5 heteroatoms. The predicted octanol–water partition coefficient (Wildman–Crippen LogP) is 1.84. The van der Waals surface area contributed by atoms with E-state index < -0.39 is 0 Å². The molecule has 0 bridgehead atoms. The molecule has 2 heterocycles. The molecule has 16 heavy (non-hydrogen) atoms. The molecule has 4 nitrogen and oxygen atoms in total. The fraction of sp³-hybridized carbons (Fsp3) is 0.273. The van der Waals surface area contributed by atoms with Crippen molar-refractivity contribution in [1.29, 1.82) is 0 Å². The van der Waals surface area contributed by atoms with Crippen molar-refractivity contribution in [3.63, 3.8) is 0 Å². The zero-order valence-electron chi connectivity index (χ0n) is 9.36. The van der Waals surface area contributed by atoms with Crippen molar-refractivity contribution in [1.82, 2.24) is 14.3 Å². The highest BCUT2D eigenvalue weighted by atomic mass is 35.5. The zero-order valence-corrected chi connectivity index (χ0v) is 10.1. The van der Waals surface area contributed by atoms with Crippen LogP contribution in [0.3, 0.4) is 0 Å². The molecule has 84 valence electrons. The van der Waals surface area contributed by atoms with E-state index in [1.807, 2.05) is 14.0 Å². The Morgan fingerprint density at radius 3 is 2.50 bits per heavy atom. The van der Waals surface area contributed by atoms with Gasteiger partial charge in [0.2, 0.25) is 0 Å². The Hall–Kier alpha value is -1.55. The van der Waals surface area contributed by atoms with Crippen LogP contribution in [0.1, 0.15) is 11.3 Å². The van der Waals surface area contributed by atoms with E-state index in [4.69, 9.17) is 11.6 Å². The molecule has 0 aromatic carbocycles. The van der Waals surface area contributed by atoms with E-state index in [2.05, 4.69) is 4.98 Å². The fourth-order valence-corrected chi connectivity index (χ4v) is 1.78. The Kier molecular flexibility index (Phi) is 2.59. The minimum absolute atomic E-state index is 0.0604. The van der Waals surface area contributed by atoms with Crippen molar-refractivity contribution in [2.75, 3.05) is 0 Å². The lowest BCUT2D eigenvalue weighted by atomic mass is 10.3. The molecule has 0 spiro atoms. The molecule has 2 aromatic rings. The number of aromatic nitrogens is 3. The summed E-state index contributed by atoms with van der Waals surface area (Å²) in [6, 6.07) is 5.21. The lowest BCUT2D eigenvalue weighted by molar-refractivity contribution is 0.619. The number of hydrogen-bond acceptors (Lipinski definition) is 2. The second-order valence-electron chi connectivity index (χ2n) is 3.67. The van der Waals surface area contributed by atoms with Crippen LogP contribution in [-0.2, 0) is 7.05 Å². The molecular weight excluding hydrogens is 226 g/mol. The molecule has 0 aliphatic rings. The maximum absolute atomic E-state index is 12.0. The van der Waals surface area contributed by atoms with Gasteiger partial charge in [0, 0.05) is 18.3 Å². The van der Waals surface area contributed by atoms with E-state index in [9.17, 15) is 4.79 Å². The molecule has 2 aromatic heterocycles. The van der Waals surface area contributed by atoms with Crippen LogP contribution in [0.2, 0.25) is 5.15 Å². The van der Waals surface area contributed by atoms with Crippen LogP contribution in [0.15, 0.2) is 23.0 Å². The Bertz CT molecular complexity index is 598. The maximum Gasteiger partial charge on any atom is 0.275 e. The van der Waals surface area contributed by atoms with E-state index in [-0.39, 0.29) is 5.56 Å². The van der Waals surface area contributed by atoms with Crippen LogP contribution in [0.5, 0.6) is 0 Å². The van der Waals surface area contributed by atoms with Gasteiger partial charge in [-0.2, -0.15) is 4.68 Å². The summed E-state index contributed by atoms with van der Waals surface area (Å²) >= 11 is 5.81. The standard InChI is InChI=1S/C11H12ClN3O/c1-7-8(2)14(3)15(11(7)16)10-6-4-5-9(12)13-10/h4-6H,1-3H3. The topological polar surface area (TPSA) is 39.8 Å². The summed E-state index contributed by atoms with van der Waals surface area (Å²) in [6.45, 7) is 3.70. The van der Waals surface area contributed by atoms with Gasteiger partial charge >= 0.3 is 0 Å². The van der Waals surface area contributed by atoms with Crippen molar-refractivity contribution < 1.29 is 0 Å². The first-order chi connectivity index (χ1) is 7.52. The van der Waals surface area contributed by atoms with Gasteiger partial charge in [-0.15, -0.1) is 0 Å². The van der Waals surface area contributed by atoms with Crippen molar-refractivity contribution in [3.05, 3.63) is 45.0 Å². The minimum Gasteiger partial charge on any atom is -0.284 e. The lowest BCUT2D eigenvalue weighted by Gasteiger charge is -2.07. The minimum atomic E-state index is -0.0604. The smallest absolute Gasteiger partial charge is 0.275 e. The van der Waals surface area contributed by atoms with Gasteiger partial charge in [0.05, 0.1) is 0 Å². The van der Waals surface area contributed by atoms with Gasteiger partial charge in [-0.25, -0.2) is 4.98 Å². The van der Waals surface area contributed by atoms with Crippen molar-refractivity contribution in [2.45, 2.75) is 13.8 Å². The summed E-state index contributed by atoms with van der Waals surface area (Å²) in [7, 11) is 1.83. The highest BCUT2D eigenvalue weighted by Gasteiger charge is 2.12. The van der Waals surface area contributed by atoms with Gasteiger partial charge in [-0.05, 0) is 26.0 Å². The Morgan fingerprint density at radius 1 is 1.31 bits per heavy atom. The van der Waals surface area contributed by atoms with Gasteiger partial charge in [0.15, 0.2) is 5.82 Å². The Labute approximate surface area is 98.1 Å². The third kappa shape index (κ3) is 1.55. The van der Waals surface area contributed by atoms with Crippen molar-refractivity contribution in [2.24, 2.45) is 7.05 Å². The van der Waals surface area contributed by atoms with E-state index in [0.29, 0.717) is 11.0 Å². The van der Waals surface area contributed by atoms with Gasteiger partial charge in [0.1, 0.15) is 5.15 Å². The molecular formula is C11H12ClN3O. The normalized spacial score (nSPS) is 10.8. The molecule has 0 aliphatic heterocycles. The highest BCUT2D eigenvalue weighted by Crippen LogP contribution is 2.10. The fourth-order valence-electron chi connectivity index (χ4n) is 1.62. The number of nitrogens with zero attached hydrogens (tertiary/aromatic N) is 3. The first kappa shape index (κ1) is 11.0. The van der Waals surface area contributed by atoms with Crippen molar-refractivity contribution in [3.8, 4) is 5.82 Å². The van der Waals surface area contributed by atoms with E-state index in [1.54, 1.807) is 29.8 Å². The monoisotopic (exact) mass is 237 g/mol. The van der Waals surface area contributed by atoms with Crippen LogP contribution >= 0.6 is 11.6 Å².